The molecule has 17 heteroatoms. The first-order valence-electron chi connectivity index (χ1n) is 18.5. The molecule has 2 atom stereocenters. The van der Waals surface area contributed by atoms with Crippen LogP contribution in [-0.4, -0.2) is 87.3 Å². The normalized spacial score (nSPS) is 17.6. The molecule has 2 aliphatic heterocycles. The van der Waals surface area contributed by atoms with Gasteiger partial charge in [-0.05, 0) is 71.3 Å². The molecule has 14 nitrogen and oxygen atoms in total. The summed E-state index contributed by atoms with van der Waals surface area (Å²) in [5, 5.41) is 15.3. The molecule has 5 aromatic carbocycles. The molecule has 6 aromatic rings. The first-order valence-corrected chi connectivity index (χ1v) is 21.9. The Morgan fingerprint density at radius 3 is 2.31 bits per heavy atom. The van der Waals surface area contributed by atoms with E-state index in [0.29, 0.717) is 15.9 Å². The van der Waals surface area contributed by atoms with Crippen LogP contribution in [0.2, 0.25) is 5.02 Å². The zero-order valence-electron chi connectivity index (χ0n) is 30.9. The largest absolute Gasteiger partial charge is 0.378 e. The molecule has 2 aliphatic rings. The van der Waals surface area contributed by atoms with E-state index in [4.69, 9.17) is 16.3 Å². The van der Waals surface area contributed by atoms with Gasteiger partial charge in [0.05, 0.1) is 39.5 Å². The first-order chi connectivity index (χ1) is 28.0. The Kier molecular flexibility index (Phi) is 11.0. The molecular formula is C41H38ClN7O7S2. The number of anilines is 3. The fourth-order valence-corrected chi connectivity index (χ4v) is 10.3. The Hall–Kier alpha value is -5.65. The summed E-state index contributed by atoms with van der Waals surface area (Å²) in [6, 6.07) is 32.3. The summed E-state index contributed by atoms with van der Waals surface area (Å²) in [4.78, 5) is 24.5. The van der Waals surface area contributed by atoms with Crippen molar-refractivity contribution in [2.24, 2.45) is 0 Å². The van der Waals surface area contributed by atoms with Gasteiger partial charge in [0.1, 0.15) is 17.3 Å². The number of sulfone groups is 1. The zero-order chi connectivity index (χ0) is 40.4. The van der Waals surface area contributed by atoms with Crippen LogP contribution >= 0.6 is 11.6 Å². The number of sulfonamides is 1. The van der Waals surface area contributed by atoms with E-state index in [0.717, 1.165) is 50.0 Å². The number of hydrogen-bond donors (Lipinski definition) is 2. The molecule has 2 N–H and O–H groups in total. The van der Waals surface area contributed by atoms with Crippen LogP contribution in [0.3, 0.4) is 0 Å². The van der Waals surface area contributed by atoms with E-state index >= 15 is 0 Å². The molecule has 0 saturated carbocycles. The summed E-state index contributed by atoms with van der Waals surface area (Å²) in [6.45, 7) is 3.91. The van der Waals surface area contributed by atoms with Crippen molar-refractivity contribution >= 4 is 65.2 Å². The highest BCUT2D eigenvalue weighted by molar-refractivity contribution is 7.92. The van der Waals surface area contributed by atoms with E-state index in [1.807, 2.05) is 42.5 Å². The minimum Gasteiger partial charge on any atom is -0.378 e. The van der Waals surface area contributed by atoms with Gasteiger partial charge >= 0.3 is 0 Å². The lowest BCUT2D eigenvalue weighted by molar-refractivity contribution is -0.384. The minimum absolute atomic E-state index is 0.0163. The quantitative estimate of drug-likeness (QED) is 0.0995. The van der Waals surface area contributed by atoms with Gasteiger partial charge in [-0.15, -0.1) is 0 Å². The Morgan fingerprint density at radius 2 is 1.55 bits per heavy atom. The zero-order valence-corrected chi connectivity index (χ0v) is 33.3. The van der Waals surface area contributed by atoms with Crippen molar-refractivity contribution in [3.63, 3.8) is 0 Å². The Balaban J connectivity index is 0.949. The van der Waals surface area contributed by atoms with Crippen LogP contribution in [-0.2, 0) is 31.1 Å². The number of nitro benzene ring substituents is 1. The summed E-state index contributed by atoms with van der Waals surface area (Å²) in [5.41, 5.74) is 4.40. The highest BCUT2D eigenvalue weighted by atomic mass is 35.5. The number of benzene rings is 5. The number of hydrogen-bond acceptors (Lipinski definition) is 12. The van der Waals surface area contributed by atoms with Crippen LogP contribution in [0.4, 0.5) is 22.9 Å². The fourth-order valence-electron chi connectivity index (χ4n) is 7.40. The Bertz CT molecular complexity index is 2700. The molecule has 2 saturated heterocycles. The molecule has 0 radical (unpaired) electrons. The minimum atomic E-state index is -4.38. The number of ether oxygens (including phenoxy) is 1. The molecule has 0 spiro atoms. The van der Waals surface area contributed by atoms with Crippen LogP contribution in [0.15, 0.2) is 131 Å². The molecule has 0 aliphatic carbocycles. The molecule has 0 bridgehead atoms. The highest BCUT2D eigenvalue weighted by Crippen LogP contribution is 2.34. The van der Waals surface area contributed by atoms with Gasteiger partial charge < -0.3 is 15.0 Å². The number of piperazine rings is 1. The van der Waals surface area contributed by atoms with Gasteiger partial charge in [0.15, 0.2) is 15.7 Å². The molecule has 2 unspecified atom stereocenters. The number of halogens is 1. The molecule has 1 aromatic heterocycles. The molecule has 298 valence electrons. The summed E-state index contributed by atoms with van der Waals surface area (Å²) in [7, 11) is -8.22. The second-order valence-electron chi connectivity index (χ2n) is 14.1. The van der Waals surface area contributed by atoms with Crippen molar-refractivity contribution in [2.75, 3.05) is 54.3 Å². The van der Waals surface area contributed by atoms with Gasteiger partial charge in [-0.2, -0.15) is 0 Å². The van der Waals surface area contributed by atoms with Gasteiger partial charge in [0.25, 0.3) is 15.7 Å². The summed E-state index contributed by atoms with van der Waals surface area (Å²) in [6.07, 6.45) is 1.26. The fraction of sp³-hybridized carbons (Fsp3) is 0.220. The van der Waals surface area contributed by atoms with E-state index in [9.17, 15) is 26.9 Å². The van der Waals surface area contributed by atoms with Crippen molar-refractivity contribution in [3.8, 4) is 11.1 Å². The van der Waals surface area contributed by atoms with Crippen LogP contribution in [0.25, 0.3) is 22.0 Å². The second kappa shape index (κ2) is 16.3. The second-order valence-corrected chi connectivity index (χ2v) is 18.4. The van der Waals surface area contributed by atoms with Gasteiger partial charge in [0.2, 0.25) is 0 Å². The Labute approximate surface area is 340 Å². The van der Waals surface area contributed by atoms with E-state index in [2.05, 4.69) is 48.0 Å². The number of nitro groups is 1. The molecular weight excluding hydrogens is 802 g/mol. The lowest BCUT2D eigenvalue weighted by atomic mass is 9.99. The molecule has 3 heterocycles. The van der Waals surface area contributed by atoms with Crippen LogP contribution < -0.4 is 14.9 Å². The maximum atomic E-state index is 13.7. The number of nitrogens with zero attached hydrogens (tertiary/aromatic N) is 5. The van der Waals surface area contributed by atoms with Crippen molar-refractivity contribution in [1.29, 1.82) is 0 Å². The van der Waals surface area contributed by atoms with E-state index in [1.165, 1.54) is 41.7 Å². The summed E-state index contributed by atoms with van der Waals surface area (Å²) in [5.74, 6) is 0.0163. The molecule has 58 heavy (non-hydrogen) atoms. The van der Waals surface area contributed by atoms with Gasteiger partial charge in [-0.1, -0.05) is 66.2 Å². The number of aromatic nitrogens is 2. The van der Waals surface area contributed by atoms with E-state index < -0.39 is 41.8 Å². The van der Waals surface area contributed by atoms with Crippen molar-refractivity contribution in [1.82, 2.24) is 14.9 Å². The molecule has 0 amide bonds. The van der Waals surface area contributed by atoms with Crippen molar-refractivity contribution in [3.05, 3.63) is 142 Å². The van der Waals surface area contributed by atoms with Crippen molar-refractivity contribution < 1.29 is 26.5 Å². The van der Waals surface area contributed by atoms with Crippen molar-refractivity contribution in [2.45, 2.75) is 27.6 Å². The number of rotatable bonds is 12. The van der Waals surface area contributed by atoms with E-state index in [-0.39, 0.29) is 34.5 Å². The third kappa shape index (κ3) is 8.19. The summed E-state index contributed by atoms with van der Waals surface area (Å²) < 4.78 is 62.0. The van der Waals surface area contributed by atoms with Gasteiger partial charge in [-0.3, -0.25) is 19.7 Å². The molecule has 2 fully saturated rings. The van der Waals surface area contributed by atoms with E-state index in [1.54, 1.807) is 24.3 Å². The number of nitrogens with one attached hydrogen (secondary N) is 2. The predicted octanol–water partition coefficient (Wildman–Crippen LogP) is 6.63. The average molecular weight is 840 g/mol. The van der Waals surface area contributed by atoms with Gasteiger partial charge in [-0.25, -0.2) is 26.8 Å². The van der Waals surface area contributed by atoms with Crippen LogP contribution in [0, 0.1) is 10.1 Å². The van der Waals surface area contributed by atoms with Crippen LogP contribution in [0.5, 0.6) is 0 Å². The predicted molar refractivity (Wildman–Crippen MR) is 223 cm³/mol. The first kappa shape index (κ1) is 39.2. The Morgan fingerprint density at radius 1 is 0.810 bits per heavy atom. The highest BCUT2D eigenvalue weighted by Gasteiger charge is 2.40. The number of fused-ring (bicyclic) bond motifs is 1. The smallest absolute Gasteiger partial charge is 0.293 e. The maximum absolute atomic E-state index is 13.7. The lowest BCUT2D eigenvalue weighted by Crippen LogP contribution is -2.46. The standard InChI is InChI=1S/C41H38ClN7O7S2/c42-30-12-10-28(11-13-30)34-9-5-4-6-29(34)24-47-18-20-48(21-19-47)31-14-16-35-37(22-31)43-27-44-41(35)46-58(54,55)33-15-17-36(39(23-33)49(50)51)45-38-25-56-26-40(38)57(52,53)32-7-2-1-3-8-32/h1-17,22-23,27,38,40,45H,18-21,24-26H2,(H,43,44,46). The summed E-state index contributed by atoms with van der Waals surface area (Å²) >= 11 is 6.13. The van der Waals surface area contributed by atoms with Gasteiger partial charge in [0, 0.05) is 54.9 Å². The SMILES string of the molecule is O=[N+]([O-])c1cc(S(=O)(=O)Nc2ncnc3cc(N4CCN(Cc5ccccc5-c5ccc(Cl)cc5)CC4)ccc23)ccc1NC1COCC1S(=O)(=O)c1ccccc1. The topological polar surface area (TPSA) is 177 Å². The maximum Gasteiger partial charge on any atom is 0.293 e. The third-order valence-electron chi connectivity index (χ3n) is 10.5. The average Bonchev–Trinajstić information content (AvgIpc) is 3.71. The van der Waals surface area contributed by atoms with Crippen LogP contribution in [0.1, 0.15) is 5.56 Å². The monoisotopic (exact) mass is 839 g/mol. The molecule has 8 rings (SSSR count). The lowest BCUT2D eigenvalue weighted by Gasteiger charge is -2.36. The third-order valence-corrected chi connectivity index (χ3v) is 14.3.